The number of nitrogens with one attached hydrogen (secondary N) is 1. The number of rotatable bonds is 3. The minimum absolute atomic E-state index is 0.726. The Morgan fingerprint density at radius 1 is 1.00 bits per heavy atom. The summed E-state index contributed by atoms with van der Waals surface area (Å²) < 4.78 is 5.61. The summed E-state index contributed by atoms with van der Waals surface area (Å²) in [5.74, 6) is 1.98. The summed E-state index contributed by atoms with van der Waals surface area (Å²) >= 11 is 0. The van der Waals surface area contributed by atoms with E-state index < -0.39 is 0 Å². The molecule has 4 aliphatic rings. The van der Waals surface area contributed by atoms with Crippen LogP contribution in [0.25, 0.3) is 0 Å². The van der Waals surface area contributed by atoms with Gasteiger partial charge in [0.25, 0.3) is 0 Å². The molecule has 1 N–H and O–H groups in total. The van der Waals surface area contributed by atoms with Crippen LogP contribution < -0.4 is 5.32 Å². The Hall–Kier alpha value is -0.120. The van der Waals surface area contributed by atoms with Crippen LogP contribution in [0.3, 0.4) is 0 Å². The van der Waals surface area contributed by atoms with E-state index in [-0.39, 0.29) is 0 Å². The molecule has 2 saturated carbocycles. The van der Waals surface area contributed by atoms with Crippen molar-refractivity contribution in [2.24, 2.45) is 11.8 Å². The van der Waals surface area contributed by atoms with Crippen molar-refractivity contribution >= 4 is 0 Å². The number of hydrogen-bond donors (Lipinski definition) is 1. The Balaban J connectivity index is 1.47. The number of nitrogens with zero attached hydrogens (tertiary/aromatic N) is 1. The molecule has 0 amide bonds. The lowest BCUT2D eigenvalue weighted by molar-refractivity contribution is 0.0551. The molecule has 2 heterocycles. The van der Waals surface area contributed by atoms with E-state index in [9.17, 15) is 0 Å². The fourth-order valence-corrected chi connectivity index (χ4v) is 3.75. The van der Waals surface area contributed by atoms with E-state index >= 15 is 0 Å². The lowest BCUT2D eigenvalue weighted by Crippen LogP contribution is -2.61. The molecular weight excluding hydrogens is 212 g/mol. The van der Waals surface area contributed by atoms with Gasteiger partial charge in [-0.25, -0.2) is 0 Å². The van der Waals surface area contributed by atoms with Gasteiger partial charge in [0.2, 0.25) is 0 Å². The van der Waals surface area contributed by atoms with Crippen LogP contribution in [0.1, 0.15) is 32.1 Å². The van der Waals surface area contributed by atoms with Crippen molar-refractivity contribution in [2.75, 3.05) is 26.3 Å². The number of ether oxygens (including phenoxy) is 1. The Morgan fingerprint density at radius 2 is 1.82 bits per heavy atom. The highest BCUT2D eigenvalue weighted by Crippen LogP contribution is 2.40. The summed E-state index contributed by atoms with van der Waals surface area (Å²) in [6.45, 7) is 4.50. The van der Waals surface area contributed by atoms with Gasteiger partial charge in [-0.3, -0.25) is 4.90 Å². The van der Waals surface area contributed by atoms with Crippen LogP contribution in [-0.4, -0.2) is 49.3 Å². The molecule has 0 aromatic carbocycles. The predicted molar refractivity (Wildman–Crippen MR) is 67.0 cm³/mol. The summed E-state index contributed by atoms with van der Waals surface area (Å²) in [7, 11) is 0. The van der Waals surface area contributed by atoms with E-state index in [1.807, 2.05) is 0 Å². The molecule has 4 fully saturated rings. The van der Waals surface area contributed by atoms with E-state index in [1.54, 1.807) is 0 Å². The van der Waals surface area contributed by atoms with Crippen molar-refractivity contribution in [1.82, 2.24) is 10.2 Å². The first kappa shape index (κ1) is 10.8. The molecule has 0 aromatic heterocycles. The van der Waals surface area contributed by atoms with Crippen LogP contribution in [0, 0.1) is 11.8 Å². The maximum absolute atomic E-state index is 5.61. The van der Waals surface area contributed by atoms with E-state index in [4.69, 9.17) is 4.74 Å². The molecule has 2 aliphatic heterocycles. The van der Waals surface area contributed by atoms with E-state index in [1.165, 1.54) is 45.2 Å². The molecule has 0 spiro atoms. The zero-order valence-corrected chi connectivity index (χ0v) is 10.6. The Bertz CT molecular complexity index is 282. The molecule has 2 saturated heterocycles. The van der Waals surface area contributed by atoms with E-state index in [0.717, 1.165) is 43.2 Å². The molecule has 3 nitrogen and oxygen atoms in total. The van der Waals surface area contributed by atoms with Gasteiger partial charge in [-0.1, -0.05) is 0 Å². The fourth-order valence-electron chi connectivity index (χ4n) is 3.75. The maximum atomic E-state index is 5.61. The second kappa shape index (κ2) is 4.22. The smallest absolute Gasteiger partial charge is 0.0622 e. The number of piperazine rings is 1. The fraction of sp³-hybridized carbons (Fsp3) is 1.00. The largest absolute Gasteiger partial charge is 0.380 e. The zero-order chi connectivity index (χ0) is 11.2. The summed E-state index contributed by atoms with van der Waals surface area (Å²) in [5.41, 5.74) is 0. The molecule has 4 rings (SSSR count). The molecule has 0 aromatic rings. The highest BCUT2D eigenvalue weighted by molar-refractivity contribution is 5.01. The summed E-state index contributed by atoms with van der Waals surface area (Å²) in [5, 5.41) is 3.82. The summed E-state index contributed by atoms with van der Waals surface area (Å²) in [6, 6.07) is 2.33. The SMILES string of the molecule is C1CC(N2CC(C3CC3)NCC2C2CC2)CO1. The Kier molecular flexibility index (Phi) is 2.67. The normalized spacial score (nSPS) is 44.1. The Morgan fingerprint density at radius 3 is 2.47 bits per heavy atom. The van der Waals surface area contributed by atoms with Gasteiger partial charge in [0.05, 0.1) is 6.61 Å². The summed E-state index contributed by atoms with van der Waals surface area (Å²) in [4.78, 5) is 2.82. The third-order valence-corrected chi connectivity index (χ3v) is 5.15. The molecule has 2 aliphatic carbocycles. The molecule has 0 bridgehead atoms. The van der Waals surface area contributed by atoms with Gasteiger partial charge in [0.1, 0.15) is 0 Å². The topological polar surface area (TPSA) is 24.5 Å². The third kappa shape index (κ3) is 2.13. The van der Waals surface area contributed by atoms with E-state index in [2.05, 4.69) is 10.2 Å². The van der Waals surface area contributed by atoms with Gasteiger partial charge in [-0.05, 0) is 43.9 Å². The molecule has 17 heavy (non-hydrogen) atoms. The van der Waals surface area contributed by atoms with Gasteiger partial charge < -0.3 is 10.1 Å². The van der Waals surface area contributed by atoms with Crippen LogP contribution in [0.2, 0.25) is 0 Å². The third-order valence-electron chi connectivity index (χ3n) is 5.15. The van der Waals surface area contributed by atoms with Crippen molar-refractivity contribution in [2.45, 2.75) is 50.2 Å². The standard InChI is InChI=1S/C14H24N2O/c1-2-10(1)13-8-16(12-5-6-17-9-12)14(7-15-13)11-3-4-11/h10-15H,1-9H2. The number of hydrogen-bond acceptors (Lipinski definition) is 3. The second-order valence-electron chi connectivity index (χ2n) is 6.47. The summed E-state index contributed by atoms with van der Waals surface area (Å²) in [6.07, 6.45) is 7.11. The quantitative estimate of drug-likeness (QED) is 0.798. The first-order chi connectivity index (χ1) is 8.42. The van der Waals surface area contributed by atoms with Gasteiger partial charge in [-0.15, -0.1) is 0 Å². The first-order valence-corrected chi connectivity index (χ1v) is 7.48. The van der Waals surface area contributed by atoms with Gasteiger partial charge >= 0.3 is 0 Å². The van der Waals surface area contributed by atoms with Crippen LogP contribution in [-0.2, 0) is 4.74 Å². The average Bonchev–Trinajstić information content (AvgIpc) is 3.27. The van der Waals surface area contributed by atoms with Gasteiger partial charge in [-0.2, -0.15) is 0 Å². The molecule has 3 unspecified atom stereocenters. The highest BCUT2D eigenvalue weighted by Gasteiger charge is 2.44. The maximum Gasteiger partial charge on any atom is 0.0622 e. The van der Waals surface area contributed by atoms with E-state index in [0.29, 0.717) is 0 Å². The zero-order valence-electron chi connectivity index (χ0n) is 10.6. The van der Waals surface area contributed by atoms with Crippen LogP contribution in [0.4, 0.5) is 0 Å². The molecular formula is C14H24N2O. The van der Waals surface area contributed by atoms with Crippen molar-refractivity contribution in [3.8, 4) is 0 Å². The van der Waals surface area contributed by atoms with Crippen LogP contribution in [0.15, 0.2) is 0 Å². The molecule has 3 atom stereocenters. The van der Waals surface area contributed by atoms with Crippen LogP contribution in [0.5, 0.6) is 0 Å². The molecule has 3 heteroatoms. The van der Waals surface area contributed by atoms with Crippen molar-refractivity contribution in [3.05, 3.63) is 0 Å². The first-order valence-electron chi connectivity index (χ1n) is 7.48. The van der Waals surface area contributed by atoms with Crippen LogP contribution >= 0.6 is 0 Å². The minimum atomic E-state index is 0.726. The van der Waals surface area contributed by atoms with Crippen molar-refractivity contribution in [1.29, 1.82) is 0 Å². The lowest BCUT2D eigenvalue weighted by atomic mass is 9.99. The highest BCUT2D eigenvalue weighted by atomic mass is 16.5. The molecule has 0 radical (unpaired) electrons. The van der Waals surface area contributed by atoms with Gasteiger partial charge in [0.15, 0.2) is 0 Å². The van der Waals surface area contributed by atoms with Crippen molar-refractivity contribution < 1.29 is 4.74 Å². The minimum Gasteiger partial charge on any atom is -0.380 e. The van der Waals surface area contributed by atoms with Crippen molar-refractivity contribution in [3.63, 3.8) is 0 Å². The predicted octanol–water partition coefficient (Wildman–Crippen LogP) is 1.24. The second-order valence-corrected chi connectivity index (χ2v) is 6.47. The average molecular weight is 236 g/mol. The Labute approximate surface area is 104 Å². The van der Waals surface area contributed by atoms with Gasteiger partial charge in [0, 0.05) is 37.8 Å². The monoisotopic (exact) mass is 236 g/mol. The molecule has 96 valence electrons. The lowest BCUT2D eigenvalue weighted by Gasteiger charge is -2.44.